The zero-order valence-electron chi connectivity index (χ0n) is 7.43. The monoisotopic (exact) mass is 169 g/mol. The highest BCUT2D eigenvalue weighted by molar-refractivity contribution is 5.82. The van der Waals surface area contributed by atoms with E-state index < -0.39 is 0 Å². The first-order valence-corrected chi connectivity index (χ1v) is 4.40. The third-order valence-corrected chi connectivity index (χ3v) is 1.81. The summed E-state index contributed by atoms with van der Waals surface area (Å²) in [5, 5.41) is 3.21. The fourth-order valence-electron chi connectivity index (χ4n) is 1.25. The SMILES string of the molecule is CCOC(=O)/C=C1/CCCNC1. The van der Waals surface area contributed by atoms with E-state index in [9.17, 15) is 4.79 Å². The second kappa shape index (κ2) is 4.93. The van der Waals surface area contributed by atoms with Gasteiger partial charge in [0.2, 0.25) is 0 Å². The van der Waals surface area contributed by atoms with Crippen LogP contribution < -0.4 is 5.32 Å². The van der Waals surface area contributed by atoms with Crippen molar-refractivity contribution in [2.45, 2.75) is 19.8 Å². The van der Waals surface area contributed by atoms with Gasteiger partial charge < -0.3 is 10.1 Å². The molecule has 1 aliphatic heterocycles. The van der Waals surface area contributed by atoms with Crippen LogP contribution in [0.5, 0.6) is 0 Å². The smallest absolute Gasteiger partial charge is 0.330 e. The van der Waals surface area contributed by atoms with E-state index in [1.807, 2.05) is 6.92 Å². The molecule has 1 N–H and O–H groups in total. The molecule has 12 heavy (non-hydrogen) atoms. The number of rotatable bonds is 2. The summed E-state index contributed by atoms with van der Waals surface area (Å²) in [6.07, 6.45) is 3.74. The molecule has 0 bridgehead atoms. The Morgan fingerprint density at radius 1 is 1.75 bits per heavy atom. The van der Waals surface area contributed by atoms with Gasteiger partial charge in [-0.3, -0.25) is 0 Å². The summed E-state index contributed by atoms with van der Waals surface area (Å²) in [7, 11) is 0. The van der Waals surface area contributed by atoms with Gasteiger partial charge in [-0.25, -0.2) is 4.79 Å². The molecule has 0 aromatic carbocycles. The molecule has 1 fully saturated rings. The van der Waals surface area contributed by atoms with E-state index in [0.29, 0.717) is 6.61 Å². The van der Waals surface area contributed by atoms with Crippen LogP contribution in [0.3, 0.4) is 0 Å². The second-order valence-corrected chi connectivity index (χ2v) is 2.83. The first-order valence-electron chi connectivity index (χ1n) is 4.40. The molecule has 1 rings (SSSR count). The summed E-state index contributed by atoms with van der Waals surface area (Å²) >= 11 is 0. The molecule has 3 heteroatoms. The molecular weight excluding hydrogens is 154 g/mol. The lowest BCUT2D eigenvalue weighted by molar-refractivity contribution is -0.137. The predicted molar refractivity (Wildman–Crippen MR) is 46.8 cm³/mol. The normalized spacial score (nSPS) is 20.9. The second-order valence-electron chi connectivity index (χ2n) is 2.83. The molecule has 1 saturated heterocycles. The van der Waals surface area contributed by atoms with Crippen LogP contribution in [0.25, 0.3) is 0 Å². The number of nitrogens with one attached hydrogen (secondary N) is 1. The van der Waals surface area contributed by atoms with Gasteiger partial charge in [0.05, 0.1) is 6.61 Å². The van der Waals surface area contributed by atoms with Crippen LogP contribution in [0.15, 0.2) is 11.6 Å². The summed E-state index contributed by atoms with van der Waals surface area (Å²) in [5.41, 5.74) is 1.15. The zero-order chi connectivity index (χ0) is 8.81. The number of hydrogen-bond donors (Lipinski definition) is 1. The fourth-order valence-corrected chi connectivity index (χ4v) is 1.25. The first-order chi connectivity index (χ1) is 5.83. The van der Waals surface area contributed by atoms with Crippen LogP contribution in [-0.2, 0) is 9.53 Å². The highest BCUT2D eigenvalue weighted by atomic mass is 16.5. The van der Waals surface area contributed by atoms with Crippen molar-refractivity contribution in [2.75, 3.05) is 19.7 Å². The van der Waals surface area contributed by atoms with Crippen molar-refractivity contribution in [1.29, 1.82) is 0 Å². The van der Waals surface area contributed by atoms with Crippen molar-refractivity contribution in [3.63, 3.8) is 0 Å². The average molecular weight is 169 g/mol. The Morgan fingerprint density at radius 3 is 3.17 bits per heavy atom. The largest absolute Gasteiger partial charge is 0.463 e. The lowest BCUT2D eigenvalue weighted by Gasteiger charge is -2.14. The first kappa shape index (κ1) is 9.26. The molecule has 1 aliphatic rings. The van der Waals surface area contributed by atoms with E-state index >= 15 is 0 Å². The minimum Gasteiger partial charge on any atom is -0.463 e. The molecule has 0 aliphatic carbocycles. The molecule has 0 unspecified atom stereocenters. The van der Waals surface area contributed by atoms with Crippen molar-refractivity contribution >= 4 is 5.97 Å². The molecule has 0 atom stereocenters. The van der Waals surface area contributed by atoms with Gasteiger partial charge >= 0.3 is 5.97 Å². The van der Waals surface area contributed by atoms with E-state index in [0.717, 1.165) is 31.5 Å². The Balaban J connectivity index is 2.37. The minimum atomic E-state index is -0.212. The Morgan fingerprint density at radius 2 is 2.58 bits per heavy atom. The number of carbonyl (C=O) groups excluding carboxylic acids is 1. The van der Waals surface area contributed by atoms with Gasteiger partial charge in [-0.2, -0.15) is 0 Å². The Bertz CT molecular complexity index is 179. The molecule has 3 nitrogen and oxygen atoms in total. The third-order valence-electron chi connectivity index (χ3n) is 1.81. The van der Waals surface area contributed by atoms with Gasteiger partial charge in [-0.15, -0.1) is 0 Å². The third kappa shape index (κ3) is 3.05. The Kier molecular flexibility index (Phi) is 3.80. The summed E-state index contributed by atoms with van der Waals surface area (Å²) < 4.78 is 4.80. The van der Waals surface area contributed by atoms with Crippen molar-refractivity contribution in [1.82, 2.24) is 5.32 Å². The van der Waals surface area contributed by atoms with Gasteiger partial charge in [0.15, 0.2) is 0 Å². The lowest BCUT2D eigenvalue weighted by Crippen LogP contribution is -2.24. The Hall–Kier alpha value is -0.830. The summed E-state index contributed by atoms with van der Waals surface area (Å²) in [6, 6.07) is 0. The van der Waals surface area contributed by atoms with Crippen LogP contribution >= 0.6 is 0 Å². The maximum atomic E-state index is 11.0. The molecule has 1 heterocycles. The van der Waals surface area contributed by atoms with Crippen LogP contribution in [0.1, 0.15) is 19.8 Å². The van der Waals surface area contributed by atoms with Crippen molar-refractivity contribution in [3.05, 3.63) is 11.6 Å². The highest BCUT2D eigenvalue weighted by Gasteiger charge is 2.06. The fraction of sp³-hybridized carbons (Fsp3) is 0.667. The van der Waals surface area contributed by atoms with Gasteiger partial charge in [-0.1, -0.05) is 0 Å². The highest BCUT2D eigenvalue weighted by Crippen LogP contribution is 2.07. The number of esters is 1. The quantitative estimate of drug-likeness (QED) is 0.492. The molecule has 68 valence electrons. The predicted octanol–water partition coefficient (Wildman–Crippen LogP) is 0.859. The molecule has 0 spiro atoms. The van der Waals surface area contributed by atoms with Gasteiger partial charge in [-0.05, 0) is 31.9 Å². The summed E-state index contributed by atoms with van der Waals surface area (Å²) in [5.74, 6) is -0.212. The van der Waals surface area contributed by atoms with E-state index in [2.05, 4.69) is 5.32 Å². The molecule has 0 aromatic rings. The van der Waals surface area contributed by atoms with E-state index in [4.69, 9.17) is 4.74 Å². The van der Waals surface area contributed by atoms with Crippen molar-refractivity contribution in [3.8, 4) is 0 Å². The molecule has 0 amide bonds. The maximum Gasteiger partial charge on any atom is 0.330 e. The standard InChI is InChI=1S/C9H15NO2/c1-2-12-9(11)6-8-4-3-5-10-7-8/h6,10H,2-5,7H2,1H3/b8-6-. The molecular formula is C9H15NO2. The summed E-state index contributed by atoms with van der Waals surface area (Å²) in [6.45, 7) is 4.16. The van der Waals surface area contributed by atoms with E-state index in [1.54, 1.807) is 6.08 Å². The van der Waals surface area contributed by atoms with Gasteiger partial charge in [0, 0.05) is 12.6 Å². The van der Waals surface area contributed by atoms with Crippen molar-refractivity contribution in [2.24, 2.45) is 0 Å². The van der Waals surface area contributed by atoms with Gasteiger partial charge in [0.1, 0.15) is 0 Å². The molecule has 0 saturated carbocycles. The van der Waals surface area contributed by atoms with E-state index in [-0.39, 0.29) is 5.97 Å². The summed E-state index contributed by atoms with van der Waals surface area (Å²) in [4.78, 5) is 11.0. The van der Waals surface area contributed by atoms with Crippen LogP contribution in [-0.4, -0.2) is 25.7 Å². The maximum absolute atomic E-state index is 11.0. The molecule has 0 radical (unpaired) electrons. The minimum absolute atomic E-state index is 0.212. The van der Waals surface area contributed by atoms with Crippen LogP contribution in [0.4, 0.5) is 0 Å². The number of piperidine rings is 1. The molecule has 0 aromatic heterocycles. The Labute approximate surface area is 72.8 Å². The average Bonchev–Trinajstić information content (AvgIpc) is 2.06. The van der Waals surface area contributed by atoms with E-state index in [1.165, 1.54) is 0 Å². The zero-order valence-corrected chi connectivity index (χ0v) is 7.43. The number of carbonyl (C=O) groups is 1. The number of ether oxygens (including phenoxy) is 1. The topological polar surface area (TPSA) is 38.3 Å². The van der Waals surface area contributed by atoms with Crippen molar-refractivity contribution < 1.29 is 9.53 Å². The van der Waals surface area contributed by atoms with Crippen LogP contribution in [0, 0.1) is 0 Å². The van der Waals surface area contributed by atoms with Gasteiger partial charge in [0.25, 0.3) is 0 Å². The van der Waals surface area contributed by atoms with Crippen LogP contribution in [0.2, 0.25) is 0 Å². The number of hydrogen-bond acceptors (Lipinski definition) is 3. The lowest BCUT2D eigenvalue weighted by atomic mass is 10.1.